The lowest BCUT2D eigenvalue weighted by atomic mass is 10.1. The smallest absolute Gasteiger partial charge is 0.255 e. The van der Waals surface area contributed by atoms with Crippen LogP contribution in [0.25, 0.3) is 11.0 Å². The molecule has 1 heterocycles. The van der Waals surface area contributed by atoms with Crippen LogP contribution in [0.2, 0.25) is 0 Å². The van der Waals surface area contributed by atoms with E-state index in [4.69, 9.17) is 9.47 Å². The number of anilines is 1. The van der Waals surface area contributed by atoms with Gasteiger partial charge in [-0.3, -0.25) is 4.79 Å². The van der Waals surface area contributed by atoms with Crippen LogP contribution in [-0.2, 0) is 0 Å². The number of hydrogen-bond donors (Lipinski definition) is 1. The van der Waals surface area contributed by atoms with Crippen molar-refractivity contribution in [1.29, 1.82) is 0 Å². The Morgan fingerprint density at radius 3 is 2.52 bits per heavy atom. The minimum atomic E-state index is -0.219. The van der Waals surface area contributed by atoms with E-state index in [2.05, 4.69) is 28.7 Å². The first-order valence-electron chi connectivity index (χ1n) is 8.03. The molecule has 1 amide bonds. The number of carbonyl (C=O) groups excluding carboxylic acids is 1. The van der Waals surface area contributed by atoms with Crippen LogP contribution in [-0.4, -0.2) is 29.7 Å². The number of aromatic nitrogens is 2. The monoisotopic (exact) mass is 339 g/mol. The molecule has 6 nitrogen and oxygen atoms in total. The van der Waals surface area contributed by atoms with E-state index >= 15 is 0 Å². The maximum Gasteiger partial charge on any atom is 0.255 e. The predicted molar refractivity (Wildman–Crippen MR) is 97.6 cm³/mol. The summed E-state index contributed by atoms with van der Waals surface area (Å²) in [5.74, 6) is 0.879. The van der Waals surface area contributed by atoms with Gasteiger partial charge in [-0.05, 0) is 50.2 Å². The Kier molecular flexibility index (Phi) is 4.61. The number of amides is 1. The first-order chi connectivity index (χ1) is 12.0. The molecule has 0 aliphatic heterocycles. The van der Waals surface area contributed by atoms with Gasteiger partial charge < -0.3 is 19.4 Å². The molecule has 25 heavy (non-hydrogen) atoms. The summed E-state index contributed by atoms with van der Waals surface area (Å²) in [6.45, 7) is 4.21. The minimum Gasteiger partial charge on any atom is -0.493 e. The maximum absolute atomic E-state index is 12.5. The van der Waals surface area contributed by atoms with E-state index in [-0.39, 0.29) is 5.91 Å². The van der Waals surface area contributed by atoms with Gasteiger partial charge in [0.25, 0.3) is 5.91 Å². The van der Waals surface area contributed by atoms with E-state index in [9.17, 15) is 4.79 Å². The molecule has 0 bridgehead atoms. The van der Waals surface area contributed by atoms with Gasteiger partial charge in [-0.1, -0.05) is 0 Å². The fourth-order valence-electron chi connectivity index (χ4n) is 2.70. The number of benzene rings is 2. The number of methoxy groups -OCH3 is 2. The van der Waals surface area contributed by atoms with E-state index < -0.39 is 0 Å². The molecule has 0 atom stereocenters. The van der Waals surface area contributed by atoms with Gasteiger partial charge in [0.15, 0.2) is 11.5 Å². The molecule has 0 saturated carbocycles. The molecule has 0 aliphatic rings. The molecule has 6 heteroatoms. The molecule has 3 rings (SSSR count). The second kappa shape index (κ2) is 6.84. The summed E-state index contributed by atoms with van der Waals surface area (Å²) in [6, 6.07) is 11.1. The Hall–Kier alpha value is -3.02. The highest BCUT2D eigenvalue weighted by Gasteiger charge is 2.12. The molecule has 1 aromatic heterocycles. The first-order valence-corrected chi connectivity index (χ1v) is 8.03. The number of fused-ring (bicyclic) bond motifs is 1. The zero-order valence-electron chi connectivity index (χ0n) is 14.7. The number of ether oxygens (including phenoxy) is 2. The lowest BCUT2D eigenvalue weighted by Crippen LogP contribution is -2.12. The molecule has 0 fully saturated rings. The maximum atomic E-state index is 12.5. The number of nitrogens with zero attached hydrogens (tertiary/aromatic N) is 2. The molecule has 2 aromatic carbocycles. The molecule has 0 unspecified atom stereocenters. The highest BCUT2D eigenvalue weighted by atomic mass is 16.5. The normalized spacial score (nSPS) is 10.9. The van der Waals surface area contributed by atoms with Crippen molar-refractivity contribution in [2.75, 3.05) is 19.5 Å². The summed E-state index contributed by atoms with van der Waals surface area (Å²) >= 11 is 0. The topological polar surface area (TPSA) is 65.4 Å². The summed E-state index contributed by atoms with van der Waals surface area (Å²) in [4.78, 5) is 16.9. The third-order valence-electron chi connectivity index (χ3n) is 4.03. The Morgan fingerprint density at radius 1 is 1.08 bits per heavy atom. The summed E-state index contributed by atoms with van der Waals surface area (Å²) in [5, 5.41) is 2.89. The standard InChI is InChI=1S/C19H21N3O3/c1-12(2)22-11-20-15-10-14(6-7-16(15)22)21-19(23)13-5-8-17(24-3)18(9-13)25-4/h5-12H,1-4H3,(H,21,23). The lowest BCUT2D eigenvalue weighted by Gasteiger charge is -2.11. The van der Waals surface area contributed by atoms with Crippen molar-refractivity contribution < 1.29 is 14.3 Å². The summed E-state index contributed by atoms with van der Waals surface area (Å²) in [5.41, 5.74) is 3.07. The van der Waals surface area contributed by atoms with Crippen LogP contribution in [0.5, 0.6) is 11.5 Å². The number of hydrogen-bond acceptors (Lipinski definition) is 4. The third kappa shape index (κ3) is 3.28. The van der Waals surface area contributed by atoms with E-state index in [1.54, 1.807) is 32.4 Å². The van der Waals surface area contributed by atoms with Crippen LogP contribution < -0.4 is 14.8 Å². The van der Waals surface area contributed by atoms with Gasteiger partial charge in [0.05, 0.1) is 31.6 Å². The Balaban J connectivity index is 1.84. The zero-order valence-corrected chi connectivity index (χ0v) is 14.7. The van der Waals surface area contributed by atoms with Crippen molar-refractivity contribution >= 4 is 22.6 Å². The number of rotatable bonds is 5. The first kappa shape index (κ1) is 16.8. The fraction of sp³-hybridized carbons (Fsp3) is 0.263. The summed E-state index contributed by atoms with van der Waals surface area (Å²) in [6.07, 6.45) is 1.81. The van der Waals surface area contributed by atoms with Crippen LogP contribution in [0, 0.1) is 0 Å². The van der Waals surface area contributed by atoms with Crippen molar-refractivity contribution in [3.8, 4) is 11.5 Å². The molecule has 0 saturated heterocycles. The third-order valence-corrected chi connectivity index (χ3v) is 4.03. The van der Waals surface area contributed by atoms with Gasteiger partial charge in [-0.25, -0.2) is 4.98 Å². The van der Waals surface area contributed by atoms with E-state index in [1.165, 1.54) is 0 Å². The average molecular weight is 339 g/mol. The van der Waals surface area contributed by atoms with Crippen molar-refractivity contribution in [3.05, 3.63) is 48.3 Å². The second-order valence-electron chi connectivity index (χ2n) is 5.97. The van der Waals surface area contributed by atoms with E-state index in [0.717, 1.165) is 11.0 Å². The van der Waals surface area contributed by atoms with Gasteiger partial charge in [0.1, 0.15) is 0 Å². The summed E-state index contributed by atoms with van der Waals surface area (Å²) in [7, 11) is 3.10. The number of carbonyl (C=O) groups is 1. The van der Waals surface area contributed by atoms with Crippen LogP contribution in [0.1, 0.15) is 30.2 Å². The van der Waals surface area contributed by atoms with Crippen molar-refractivity contribution in [1.82, 2.24) is 9.55 Å². The van der Waals surface area contributed by atoms with Gasteiger partial charge >= 0.3 is 0 Å². The van der Waals surface area contributed by atoms with Crippen LogP contribution in [0.4, 0.5) is 5.69 Å². The van der Waals surface area contributed by atoms with Crippen molar-refractivity contribution in [2.45, 2.75) is 19.9 Å². The second-order valence-corrected chi connectivity index (χ2v) is 5.97. The largest absolute Gasteiger partial charge is 0.493 e. The number of nitrogens with one attached hydrogen (secondary N) is 1. The molecular weight excluding hydrogens is 318 g/mol. The Labute approximate surface area is 146 Å². The minimum absolute atomic E-state index is 0.219. The highest BCUT2D eigenvalue weighted by molar-refractivity contribution is 6.05. The van der Waals surface area contributed by atoms with Gasteiger partial charge in [-0.2, -0.15) is 0 Å². The lowest BCUT2D eigenvalue weighted by molar-refractivity contribution is 0.102. The van der Waals surface area contributed by atoms with Gasteiger partial charge in [0.2, 0.25) is 0 Å². The van der Waals surface area contributed by atoms with Crippen LogP contribution >= 0.6 is 0 Å². The predicted octanol–water partition coefficient (Wildman–Crippen LogP) is 3.89. The van der Waals surface area contributed by atoms with Crippen molar-refractivity contribution in [2.24, 2.45) is 0 Å². The quantitative estimate of drug-likeness (QED) is 0.766. The van der Waals surface area contributed by atoms with Crippen LogP contribution in [0.3, 0.4) is 0 Å². The molecule has 3 aromatic rings. The molecule has 0 spiro atoms. The Bertz CT molecular complexity index is 915. The summed E-state index contributed by atoms with van der Waals surface area (Å²) < 4.78 is 12.5. The SMILES string of the molecule is COc1ccc(C(=O)Nc2ccc3c(c2)ncn3C(C)C)cc1OC. The molecule has 130 valence electrons. The van der Waals surface area contributed by atoms with Crippen LogP contribution in [0.15, 0.2) is 42.7 Å². The molecular formula is C19H21N3O3. The van der Waals surface area contributed by atoms with Gasteiger partial charge in [-0.15, -0.1) is 0 Å². The van der Waals surface area contributed by atoms with Crippen molar-refractivity contribution in [3.63, 3.8) is 0 Å². The average Bonchev–Trinajstić information content (AvgIpc) is 3.04. The number of imidazole rings is 1. The highest BCUT2D eigenvalue weighted by Crippen LogP contribution is 2.28. The van der Waals surface area contributed by atoms with Gasteiger partial charge in [0, 0.05) is 17.3 Å². The van der Waals surface area contributed by atoms with E-state index in [0.29, 0.717) is 28.8 Å². The molecule has 1 N–H and O–H groups in total. The molecule has 0 radical (unpaired) electrons. The van der Waals surface area contributed by atoms with E-state index in [1.807, 2.05) is 24.5 Å². The zero-order chi connectivity index (χ0) is 18.0. The molecule has 0 aliphatic carbocycles. The fourth-order valence-corrected chi connectivity index (χ4v) is 2.70. The Morgan fingerprint density at radius 2 is 1.84 bits per heavy atom.